The number of rotatable bonds is 5. The maximum absolute atomic E-state index is 13.9. The van der Waals surface area contributed by atoms with Crippen LogP contribution in [0.3, 0.4) is 0 Å². The molecule has 1 aromatic carbocycles. The molecular formula is C12H14BrFN2S. The summed E-state index contributed by atoms with van der Waals surface area (Å²) in [6, 6.07) is 3.41. The van der Waals surface area contributed by atoms with Crippen molar-refractivity contribution < 1.29 is 4.39 Å². The predicted molar refractivity (Wildman–Crippen MR) is 75.8 cm³/mol. The Bertz CT molecular complexity index is 446. The van der Waals surface area contributed by atoms with Crippen LogP contribution in [0.25, 0.3) is 0 Å². The highest BCUT2D eigenvalue weighted by atomic mass is 79.9. The van der Waals surface area contributed by atoms with Gasteiger partial charge in [-0.1, -0.05) is 25.1 Å². The fraction of sp³-hybridized carbons (Fsp3) is 0.417. The van der Waals surface area contributed by atoms with E-state index in [9.17, 15) is 4.39 Å². The molecule has 0 saturated heterocycles. The highest BCUT2D eigenvalue weighted by Crippen LogP contribution is 2.32. The number of halogens is 2. The molecule has 0 aliphatic heterocycles. The first-order valence-corrected chi connectivity index (χ1v) is 6.81. The van der Waals surface area contributed by atoms with Gasteiger partial charge >= 0.3 is 0 Å². The number of nitrogens with two attached hydrogens (primary N) is 1. The summed E-state index contributed by atoms with van der Waals surface area (Å²) in [5.74, 6) is 0.510. The van der Waals surface area contributed by atoms with Gasteiger partial charge in [0, 0.05) is 12.1 Å². The maximum Gasteiger partial charge on any atom is 0.161 e. The molecule has 0 unspecified atom stereocenters. The average molecular weight is 317 g/mol. The topological polar surface area (TPSA) is 38.0 Å². The van der Waals surface area contributed by atoms with Crippen LogP contribution in [0.5, 0.6) is 0 Å². The molecule has 3 N–H and O–H groups in total. The van der Waals surface area contributed by atoms with Gasteiger partial charge in [-0.05, 0) is 40.4 Å². The van der Waals surface area contributed by atoms with E-state index in [1.165, 1.54) is 12.8 Å². The van der Waals surface area contributed by atoms with Gasteiger partial charge in [0.1, 0.15) is 4.99 Å². The normalized spacial score (nSPS) is 14.7. The summed E-state index contributed by atoms with van der Waals surface area (Å²) < 4.78 is 14.3. The summed E-state index contributed by atoms with van der Waals surface area (Å²) in [5.41, 5.74) is 6.53. The van der Waals surface area contributed by atoms with E-state index in [-0.39, 0.29) is 10.8 Å². The fourth-order valence-electron chi connectivity index (χ4n) is 1.69. The second-order valence-corrected chi connectivity index (χ2v) is 5.54. The Morgan fingerprint density at radius 3 is 2.82 bits per heavy atom. The van der Waals surface area contributed by atoms with E-state index in [2.05, 4.69) is 21.2 Å². The van der Waals surface area contributed by atoms with Gasteiger partial charge in [0.05, 0.1) is 10.2 Å². The van der Waals surface area contributed by atoms with Crippen molar-refractivity contribution in [3.05, 3.63) is 28.0 Å². The van der Waals surface area contributed by atoms with Crippen molar-refractivity contribution >= 4 is 38.8 Å². The van der Waals surface area contributed by atoms with Gasteiger partial charge in [-0.25, -0.2) is 4.39 Å². The van der Waals surface area contributed by atoms with Crippen LogP contribution >= 0.6 is 28.1 Å². The van der Waals surface area contributed by atoms with Gasteiger partial charge in [0.2, 0.25) is 0 Å². The van der Waals surface area contributed by atoms with Crippen molar-refractivity contribution in [2.75, 3.05) is 11.9 Å². The molecule has 0 heterocycles. The van der Waals surface area contributed by atoms with E-state index >= 15 is 0 Å². The molecule has 1 aliphatic carbocycles. The molecule has 0 spiro atoms. The molecule has 1 aliphatic rings. The van der Waals surface area contributed by atoms with Gasteiger partial charge in [-0.2, -0.15) is 0 Å². The van der Waals surface area contributed by atoms with E-state index in [4.69, 9.17) is 18.0 Å². The maximum atomic E-state index is 13.9. The molecule has 92 valence electrons. The van der Waals surface area contributed by atoms with Crippen LogP contribution in [0, 0.1) is 11.7 Å². The van der Waals surface area contributed by atoms with E-state index in [1.807, 2.05) is 0 Å². The van der Waals surface area contributed by atoms with Crippen molar-refractivity contribution in [2.45, 2.75) is 19.3 Å². The second kappa shape index (κ2) is 5.31. The summed E-state index contributed by atoms with van der Waals surface area (Å²) in [6.45, 7) is 0.806. The largest absolute Gasteiger partial charge is 0.389 e. The van der Waals surface area contributed by atoms with Crippen molar-refractivity contribution in [3.8, 4) is 0 Å². The molecule has 2 nitrogen and oxygen atoms in total. The lowest BCUT2D eigenvalue weighted by atomic mass is 10.2. The number of benzene rings is 1. The Hall–Kier alpha value is -0.680. The minimum absolute atomic E-state index is 0.195. The molecule has 0 radical (unpaired) electrons. The SMILES string of the molecule is NC(=S)c1ccc(NCCC2CC2)c(F)c1Br. The van der Waals surface area contributed by atoms with Crippen molar-refractivity contribution in [1.29, 1.82) is 0 Å². The number of hydrogen-bond acceptors (Lipinski definition) is 2. The molecule has 0 atom stereocenters. The Morgan fingerprint density at radius 2 is 2.24 bits per heavy atom. The van der Waals surface area contributed by atoms with Crippen LogP contribution in [-0.2, 0) is 0 Å². The third kappa shape index (κ3) is 3.16. The lowest BCUT2D eigenvalue weighted by Gasteiger charge is -2.10. The first kappa shape index (κ1) is 12.8. The van der Waals surface area contributed by atoms with Crippen LogP contribution in [0.15, 0.2) is 16.6 Å². The van der Waals surface area contributed by atoms with Crippen LogP contribution in [-0.4, -0.2) is 11.5 Å². The number of hydrogen-bond donors (Lipinski definition) is 2. The van der Waals surface area contributed by atoms with E-state index < -0.39 is 0 Å². The molecule has 0 aromatic heterocycles. The van der Waals surface area contributed by atoms with Crippen molar-refractivity contribution in [3.63, 3.8) is 0 Å². The van der Waals surface area contributed by atoms with Crippen molar-refractivity contribution in [2.24, 2.45) is 11.7 Å². The minimum atomic E-state index is -0.328. The van der Waals surface area contributed by atoms with E-state index in [1.54, 1.807) is 12.1 Å². The van der Waals surface area contributed by atoms with Crippen LogP contribution in [0.4, 0.5) is 10.1 Å². The Labute approximate surface area is 114 Å². The zero-order chi connectivity index (χ0) is 12.4. The third-order valence-corrected chi connectivity index (χ3v) is 3.91. The van der Waals surface area contributed by atoms with Gasteiger partial charge < -0.3 is 11.1 Å². The molecule has 1 fully saturated rings. The number of thiocarbonyl (C=S) groups is 1. The zero-order valence-electron chi connectivity index (χ0n) is 9.30. The number of anilines is 1. The van der Waals surface area contributed by atoms with E-state index in [0.717, 1.165) is 18.9 Å². The average Bonchev–Trinajstić information content (AvgIpc) is 3.08. The monoisotopic (exact) mass is 316 g/mol. The number of nitrogens with one attached hydrogen (secondary N) is 1. The summed E-state index contributed by atoms with van der Waals surface area (Å²) in [5, 5.41) is 3.10. The predicted octanol–water partition coefficient (Wildman–Crippen LogP) is 3.43. The highest BCUT2D eigenvalue weighted by Gasteiger charge is 2.20. The van der Waals surface area contributed by atoms with Gasteiger partial charge in [0.25, 0.3) is 0 Å². The summed E-state index contributed by atoms with van der Waals surface area (Å²) in [6.07, 6.45) is 3.73. The standard InChI is InChI=1S/C12H14BrFN2S/c13-10-8(12(15)17)3-4-9(11(10)14)16-6-5-7-1-2-7/h3-4,7,16H,1-2,5-6H2,(H2,15,17). The van der Waals surface area contributed by atoms with Crippen LogP contribution in [0.1, 0.15) is 24.8 Å². The molecule has 0 amide bonds. The first-order chi connectivity index (χ1) is 8.09. The molecule has 17 heavy (non-hydrogen) atoms. The lowest BCUT2D eigenvalue weighted by Crippen LogP contribution is -2.12. The molecule has 0 bridgehead atoms. The molecule has 1 aromatic rings. The summed E-state index contributed by atoms with van der Waals surface area (Å²) in [7, 11) is 0. The summed E-state index contributed by atoms with van der Waals surface area (Å²) >= 11 is 8.03. The smallest absolute Gasteiger partial charge is 0.161 e. The van der Waals surface area contributed by atoms with Gasteiger partial charge in [-0.3, -0.25) is 0 Å². The Morgan fingerprint density at radius 1 is 1.53 bits per heavy atom. The zero-order valence-corrected chi connectivity index (χ0v) is 11.7. The lowest BCUT2D eigenvalue weighted by molar-refractivity contribution is 0.621. The third-order valence-electron chi connectivity index (χ3n) is 2.91. The van der Waals surface area contributed by atoms with Gasteiger partial charge in [-0.15, -0.1) is 0 Å². The highest BCUT2D eigenvalue weighted by molar-refractivity contribution is 9.10. The van der Waals surface area contributed by atoms with Crippen molar-refractivity contribution in [1.82, 2.24) is 0 Å². The quantitative estimate of drug-likeness (QED) is 0.817. The van der Waals surface area contributed by atoms with Crippen LogP contribution < -0.4 is 11.1 Å². The van der Waals surface area contributed by atoms with E-state index in [0.29, 0.717) is 15.7 Å². The molecule has 2 rings (SSSR count). The summed E-state index contributed by atoms with van der Waals surface area (Å²) in [4.78, 5) is 0.195. The fourth-order valence-corrected chi connectivity index (χ4v) is 2.55. The minimum Gasteiger partial charge on any atom is -0.389 e. The second-order valence-electron chi connectivity index (χ2n) is 4.31. The Balaban J connectivity index is 2.06. The first-order valence-electron chi connectivity index (χ1n) is 5.61. The Kier molecular flexibility index (Phi) is 3.99. The van der Waals surface area contributed by atoms with Gasteiger partial charge in [0.15, 0.2) is 5.82 Å². The molecule has 1 saturated carbocycles. The molecular weight excluding hydrogens is 303 g/mol. The van der Waals surface area contributed by atoms with Crippen LogP contribution in [0.2, 0.25) is 0 Å². The molecule has 5 heteroatoms.